The quantitative estimate of drug-likeness (QED) is 0.234. The fourth-order valence-corrected chi connectivity index (χ4v) is 4.12. The zero-order valence-corrected chi connectivity index (χ0v) is 22.2. The summed E-state index contributed by atoms with van der Waals surface area (Å²) in [4.78, 5) is 20.5. The summed E-state index contributed by atoms with van der Waals surface area (Å²) < 4.78 is 5.54. The molecule has 0 unspecified atom stereocenters. The molecule has 0 aliphatic carbocycles. The first-order valence-electron chi connectivity index (χ1n) is 12.9. The van der Waals surface area contributed by atoms with Gasteiger partial charge in [-0.15, -0.1) is 0 Å². The van der Waals surface area contributed by atoms with Gasteiger partial charge in [-0.2, -0.15) is 20.1 Å². The van der Waals surface area contributed by atoms with Crippen molar-refractivity contribution in [3.8, 4) is 0 Å². The van der Waals surface area contributed by atoms with E-state index in [9.17, 15) is 0 Å². The number of hydrogen-bond acceptors (Lipinski definition) is 9. The lowest BCUT2D eigenvalue weighted by molar-refractivity contribution is 0.122. The molecule has 0 amide bonds. The predicted molar refractivity (Wildman–Crippen MR) is 159 cm³/mol. The summed E-state index contributed by atoms with van der Waals surface area (Å²) in [6, 6.07) is 28.4. The molecule has 198 valence electrons. The van der Waals surface area contributed by atoms with Gasteiger partial charge in [-0.25, -0.2) is 5.43 Å². The van der Waals surface area contributed by atoms with E-state index in [1.807, 2.05) is 91.8 Å². The lowest BCUT2D eigenvalue weighted by Gasteiger charge is -2.28. The topological polar surface area (TPSA) is 82.0 Å². The van der Waals surface area contributed by atoms with Crippen LogP contribution in [0.2, 0.25) is 0 Å². The van der Waals surface area contributed by atoms with Crippen molar-refractivity contribution in [2.24, 2.45) is 5.10 Å². The molecule has 9 heteroatoms. The Balaban J connectivity index is 1.42. The maximum Gasteiger partial charge on any atom is 0.250 e. The van der Waals surface area contributed by atoms with Gasteiger partial charge in [0.05, 0.1) is 13.2 Å². The molecule has 0 atom stereocenters. The second-order valence-corrected chi connectivity index (χ2v) is 9.10. The van der Waals surface area contributed by atoms with Gasteiger partial charge in [-0.3, -0.25) is 4.90 Å². The highest BCUT2D eigenvalue weighted by molar-refractivity contribution is 5.79. The number of anilines is 6. The molecule has 1 aliphatic rings. The van der Waals surface area contributed by atoms with Gasteiger partial charge in [0.15, 0.2) is 0 Å². The third-order valence-electron chi connectivity index (χ3n) is 6.16. The first-order valence-corrected chi connectivity index (χ1v) is 12.9. The number of hydrogen-bond donors (Lipinski definition) is 1. The van der Waals surface area contributed by atoms with Crippen LogP contribution in [0.5, 0.6) is 0 Å². The van der Waals surface area contributed by atoms with Crippen LogP contribution < -0.4 is 20.1 Å². The Morgan fingerprint density at radius 3 is 2.05 bits per heavy atom. The smallest absolute Gasteiger partial charge is 0.250 e. The minimum absolute atomic E-state index is 0.360. The molecule has 2 heterocycles. The lowest BCUT2D eigenvalue weighted by Crippen LogP contribution is -2.37. The molecule has 5 rings (SSSR count). The highest BCUT2D eigenvalue weighted by atomic mass is 16.5. The Labute approximate surface area is 229 Å². The monoisotopic (exact) mass is 520 g/mol. The van der Waals surface area contributed by atoms with E-state index in [1.165, 1.54) is 0 Å². The fraction of sp³-hybridized carbons (Fsp3) is 0.200. The van der Waals surface area contributed by atoms with Gasteiger partial charge in [0.25, 0.3) is 0 Å². The Morgan fingerprint density at radius 1 is 0.795 bits per heavy atom. The summed E-state index contributed by atoms with van der Waals surface area (Å²) in [5.41, 5.74) is 7.13. The van der Waals surface area contributed by atoms with Crippen molar-refractivity contribution >= 4 is 47.2 Å². The Kier molecular flexibility index (Phi) is 8.40. The lowest BCUT2D eigenvalue weighted by atomic mass is 10.2. The fourth-order valence-electron chi connectivity index (χ4n) is 4.12. The zero-order valence-electron chi connectivity index (χ0n) is 22.2. The van der Waals surface area contributed by atoms with E-state index in [-0.39, 0.29) is 0 Å². The van der Waals surface area contributed by atoms with E-state index in [2.05, 4.69) is 49.6 Å². The van der Waals surface area contributed by atoms with E-state index >= 15 is 0 Å². The molecular formula is C30H32N8O. The van der Waals surface area contributed by atoms with Gasteiger partial charge in [-0.1, -0.05) is 54.6 Å². The van der Waals surface area contributed by atoms with Crippen LogP contribution in [0.25, 0.3) is 6.08 Å². The number of rotatable bonds is 9. The molecule has 0 saturated carbocycles. The van der Waals surface area contributed by atoms with Gasteiger partial charge >= 0.3 is 0 Å². The summed E-state index contributed by atoms with van der Waals surface area (Å²) in [6.07, 6.45) is 5.56. The third kappa shape index (κ3) is 6.77. The minimum atomic E-state index is 0.360. The van der Waals surface area contributed by atoms with Gasteiger partial charge in [0.1, 0.15) is 0 Å². The highest BCUT2D eigenvalue weighted by Gasteiger charge is 2.21. The van der Waals surface area contributed by atoms with Crippen molar-refractivity contribution in [1.29, 1.82) is 0 Å². The number of nitrogens with zero attached hydrogens (tertiary/aromatic N) is 7. The van der Waals surface area contributed by atoms with E-state index in [4.69, 9.17) is 14.7 Å². The summed E-state index contributed by atoms with van der Waals surface area (Å²) in [7, 11) is 4.05. The van der Waals surface area contributed by atoms with E-state index in [1.54, 1.807) is 6.21 Å². The number of ether oxygens (including phenoxy) is 1. The molecule has 9 nitrogen and oxygen atoms in total. The van der Waals surface area contributed by atoms with Crippen LogP contribution in [-0.2, 0) is 4.74 Å². The number of morpholine rings is 1. The molecule has 39 heavy (non-hydrogen) atoms. The van der Waals surface area contributed by atoms with Crippen molar-refractivity contribution in [2.75, 3.05) is 60.5 Å². The van der Waals surface area contributed by atoms with Crippen LogP contribution in [0.15, 0.2) is 96.1 Å². The molecule has 0 spiro atoms. The van der Waals surface area contributed by atoms with Gasteiger partial charge < -0.3 is 14.5 Å². The summed E-state index contributed by atoms with van der Waals surface area (Å²) in [5, 5.41) is 4.35. The van der Waals surface area contributed by atoms with Gasteiger partial charge in [0.2, 0.25) is 17.8 Å². The van der Waals surface area contributed by atoms with Crippen molar-refractivity contribution in [3.63, 3.8) is 0 Å². The molecule has 1 aromatic heterocycles. The van der Waals surface area contributed by atoms with E-state index < -0.39 is 0 Å². The predicted octanol–water partition coefficient (Wildman–Crippen LogP) is 5.36. The van der Waals surface area contributed by atoms with Crippen LogP contribution in [0.1, 0.15) is 5.56 Å². The molecular weight excluding hydrogens is 488 g/mol. The van der Waals surface area contributed by atoms with Crippen LogP contribution in [0, 0.1) is 0 Å². The summed E-state index contributed by atoms with van der Waals surface area (Å²) in [6.45, 7) is 2.67. The standard InChI is InChI=1S/C30H32N8O/c1-36(2)25-17-15-24(16-18-25)10-9-19-31-35-28-32-29(37-20-22-39-23-21-37)34-30(33-28)38(26-11-5-3-6-12-26)27-13-7-4-8-14-27/h3-19H,20-23H2,1-2H3,(H,32,33,34,35)/b10-9+,31-19+. The second-order valence-electron chi connectivity index (χ2n) is 9.10. The van der Waals surface area contributed by atoms with E-state index in [0.29, 0.717) is 44.1 Å². The normalized spacial score (nSPS) is 13.6. The van der Waals surface area contributed by atoms with Crippen molar-refractivity contribution in [2.45, 2.75) is 0 Å². The average Bonchev–Trinajstić information content (AvgIpc) is 2.99. The molecule has 1 N–H and O–H groups in total. The molecule has 4 aromatic rings. The van der Waals surface area contributed by atoms with Gasteiger partial charge in [0, 0.05) is 50.5 Å². The second kappa shape index (κ2) is 12.7. The molecule has 1 fully saturated rings. The maximum absolute atomic E-state index is 5.54. The van der Waals surface area contributed by atoms with Gasteiger partial charge in [-0.05, 0) is 48.0 Å². The number of aromatic nitrogens is 3. The summed E-state index contributed by atoms with van der Waals surface area (Å²) in [5.74, 6) is 1.44. The highest BCUT2D eigenvalue weighted by Crippen LogP contribution is 2.33. The molecule has 0 radical (unpaired) electrons. The van der Waals surface area contributed by atoms with Crippen LogP contribution >= 0.6 is 0 Å². The SMILES string of the molecule is CN(C)c1ccc(/C=C/C=N/Nc2nc(N3CCOCC3)nc(N(c3ccccc3)c3ccccc3)n2)cc1. The Morgan fingerprint density at radius 2 is 1.44 bits per heavy atom. The zero-order chi connectivity index (χ0) is 26.9. The molecule has 0 bridgehead atoms. The largest absolute Gasteiger partial charge is 0.378 e. The number of allylic oxidation sites excluding steroid dienone is 1. The Hall–Kier alpha value is -4.76. The van der Waals surface area contributed by atoms with Crippen molar-refractivity contribution < 1.29 is 4.74 Å². The first kappa shape index (κ1) is 25.9. The average molecular weight is 521 g/mol. The van der Waals surface area contributed by atoms with Crippen molar-refractivity contribution in [1.82, 2.24) is 15.0 Å². The third-order valence-corrected chi connectivity index (χ3v) is 6.16. The number of hydrazone groups is 1. The van der Waals surface area contributed by atoms with Crippen LogP contribution in [-0.4, -0.2) is 61.6 Å². The van der Waals surface area contributed by atoms with Crippen LogP contribution in [0.4, 0.5) is 34.9 Å². The minimum Gasteiger partial charge on any atom is -0.378 e. The number of para-hydroxylation sites is 2. The maximum atomic E-state index is 5.54. The van der Waals surface area contributed by atoms with Crippen molar-refractivity contribution in [3.05, 3.63) is 96.6 Å². The number of benzene rings is 3. The molecule has 1 saturated heterocycles. The molecule has 3 aromatic carbocycles. The van der Waals surface area contributed by atoms with Crippen LogP contribution in [0.3, 0.4) is 0 Å². The summed E-state index contributed by atoms with van der Waals surface area (Å²) >= 11 is 0. The van der Waals surface area contributed by atoms with E-state index in [0.717, 1.165) is 22.6 Å². The first-order chi connectivity index (χ1) is 19.2. The Bertz CT molecular complexity index is 1350. The molecule has 1 aliphatic heterocycles. The number of nitrogens with one attached hydrogen (secondary N) is 1.